The Balaban J connectivity index is 1.43. The molecule has 0 saturated carbocycles. The Labute approximate surface area is 157 Å². The Morgan fingerprint density at radius 2 is 1.85 bits per heavy atom. The Morgan fingerprint density at radius 1 is 1.00 bits per heavy atom. The summed E-state index contributed by atoms with van der Waals surface area (Å²) in [4.78, 5) is 13.3. The fourth-order valence-corrected chi connectivity index (χ4v) is 2.98. The van der Waals surface area contributed by atoms with Crippen molar-refractivity contribution in [3.8, 4) is 6.07 Å². The van der Waals surface area contributed by atoms with Gasteiger partial charge >= 0.3 is 0 Å². The molecule has 3 heterocycles. The third kappa shape index (κ3) is 3.93. The van der Waals surface area contributed by atoms with Crippen molar-refractivity contribution in [3.05, 3.63) is 60.4 Å². The SMILES string of the molecule is N#Cc1cccc(Nc2cnnc(N3CCN(c4ccccn4)CC3)n2)c1. The van der Waals surface area contributed by atoms with Crippen molar-refractivity contribution in [1.29, 1.82) is 5.26 Å². The van der Waals surface area contributed by atoms with Crippen LogP contribution in [0.4, 0.5) is 23.3 Å². The molecule has 0 unspecified atom stereocenters. The second kappa shape index (κ2) is 7.66. The number of nitriles is 1. The largest absolute Gasteiger partial charge is 0.353 e. The van der Waals surface area contributed by atoms with E-state index in [1.165, 1.54) is 0 Å². The quantitative estimate of drug-likeness (QED) is 0.759. The number of hydrogen-bond acceptors (Lipinski definition) is 8. The van der Waals surface area contributed by atoms with E-state index in [9.17, 15) is 0 Å². The van der Waals surface area contributed by atoms with Gasteiger partial charge < -0.3 is 15.1 Å². The normalized spacial score (nSPS) is 13.9. The van der Waals surface area contributed by atoms with E-state index in [4.69, 9.17) is 5.26 Å². The van der Waals surface area contributed by atoms with Crippen molar-refractivity contribution in [2.45, 2.75) is 0 Å². The van der Waals surface area contributed by atoms with Gasteiger partial charge in [-0.25, -0.2) is 4.98 Å². The highest BCUT2D eigenvalue weighted by Gasteiger charge is 2.20. The van der Waals surface area contributed by atoms with Crippen LogP contribution in [0.5, 0.6) is 0 Å². The van der Waals surface area contributed by atoms with E-state index in [2.05, 4.69) is 41.4 Å². The van der Waals surface area contributed by atoms with Gasteiger partial charge in [0.15, 0.2) is 5.82 Å². The lowest BCUT2D eigenvalue weighted by molar-refractivity contribution is 0.630. The lowest BCUT2D eigenvalue weighted by Crippen LogP contribution is -2.47. The van der Waals surface area contributed by atoms with Crippen LogP contribution in [0, 0.1) is 11.3 Å². The highest BCUT2D eigenvalue weighted by Crippen LogP contribution is 2.19. The van der Waals surface area contributed by atoms with Crippen LogP contribution in [-0.4, -0.2) is 46.3 Å². The average Bonchev–Trinajstić information content (AvgIpc) is 2.75. The minimum absolute atomic E-state index is 0.591. The van der Waals surface area contributed by atoms with Crippen LogP contribution >= 0.6 is 0 Å². The van der Waals surface area contributed by atoms with E-state index in [1.54, 1.807) is 18.3 Å². The van der Waals surface area contributed by atoms with E-state index < -0.39 is 0 Å². The first-order valence-corrected chi connectivity index (χ1v) is 8.70. The van der Waals surface area contributed by atoms with Crippen LogP contribution < -0.4 is 15.1 Å². The number of piperazine rings is 1. The Morgan fingerprint density at radius 3 is 2.63 bits per heavy atom. The topological polar surface area (TPSA) is 93.9 Å². The summed E-state index contributed by atoms with van der Waals surface area (Å²) in [5.41, 5.74) is 1.38. The van der Waals surface area contributed by atoms with Crippen molar-refractivity contribution in [1.82, 2.24) is 20.2 Å². The standard InChI is InChI=1S/C19H18N8/c20-13-15-4-3-5-16(12-15)23-17-14-22-25-19(24-17)27-10-8-26(9-11-27)18-6-1-2-7-21-18/h1-7,12,14H,8-11H2,(H,23,24,25). The van der Waals surface area contributed by atoms with Gasteiger partial charge in [0.1, 0.15) is 5.82 Å². The Kier molecular flexibility index (Phi) is 4.74. The maximum atomic E-state index is 9.02. The van der Waals surface area contributed by atoms with Gasteiger partial charge in [0.25, 0.3) is 0 Å². The van der Waals surface area contributed by atoms with Crippen LogP contribution in [0.25, 0.3) is 0 Å². The lowest BCUT2D eigenvalue weighted by Gasteiger charge is -2.35. The molecule has 134 valence electrons. The van der Waals surface area contributed by atoms with E-state index in [-0.39, 0.29) is 0 Å². The molecule has 1 saturated heterocycles. The number of nitrogens with one attached hydrogen (secondary N) is 1. The van der Waals surface area contributed by atoms with Crippen LogP contribution in [-0.2, 0) is 0 Å². The molecule has 1 N–H and O–H groups in total. The number of hydrogen-bond donors (Lipinski definition) is 1. The summed E-state index contributed by atoms with van der Waals surface area (Å²) in [5, 5.41) is 20.4. The second-order valence-corrected chi connectivity index (χ2v) is 6.12. The molecule has 0 bridgehead atoms. The Bertz CT molecular complexity index is 945. The van der Waals surface area contributed by atoms with Crippen LogP contribution in [0.3, 0.4) is 0 Å². The molecule has 1 aliphatic rings. The molecule has 0 amide bonds. The number of rotatable bonds is 4. The molecule has 1 aromatic carbocycles. The fourth-order valence-electron chi connectivity index (χ4n) is 2.98. The predicted molar refractivity (Wildman–Crippen MR) is 103 cm³/mol. The lowest BCUT2D eigenvalue weighted by atomic mass is 10.2. The van der Waals surface area contributed by atoms with E-state index in [0.717, 1.165) is 37.7 Å². The Hall–Kier alpha value is -3.73. The molecule has 1 aliphatic heterocycles. The van der Waals surface area contributed by atoms with Crippen molar-refractivity contribution in [2.24, 2.45) is 0 Å². The fraction of sp³-hybridized carbons (Fsp3) is 0.211. The summed E-state index contributed by atoms with van der Waals surface area (Å²) in [6, 6.07) is 15.3. The smallest absolute Gasteiger partial charge is 0.247 e. The van der Waals surface area contributed by atoms with Crippen molar-refractivity contribution in [2.75, 3.05) is 41.3 Å². The molecule has 8 nitrogen and oxygen atoms in total. The number of nitrogens with zero attached hydrogens (tertiary/aromatic N) is 7. The third-order valence-corrected chi connectivity index (χ3v) is 4.35. The molecule has 8 heteroatoms. The van der Waals surface area contributed by atoms with Gasteiger partial charge in [-0.3, -0.25) is 0 Å². The highest BCUT2D eigenvalue weighted by atomic mass is 15.4. The first-order valence-electron chi connectivity index (χ1n) is 8.70. The summed E-state index contributed by atoms with van der Waals surface area (Å²) in [6.45, 7) is 3.29. The maximum Gasteiger partial charge on any atom is 0.247 e. The zero-order chi connectivity index (χ0) is 18.5. The van der Waals surface area contributed by atoms with E-state index in [0.29, 0.717) is 17.3 Å². The molecule has 0 atom stereocenters. The van der Waals surface area contributed by atoms with Gasteiger partial charge in [-0.15, -0.1) is 5.10 Å². The van der Waals surface area contributed by atoms with Crippen LogP contribution in [0.2, 0.25) is 0 Å². The first kappa shape index (κ1) is 16.7. The molecular formula is C19H18N8. The first-order chi connectivity index (χ1) is 13.3. The predicted octanol–water partition coefficient (Wildman–Crippen LogP) is 2.21. The van der Waals surface area contributed by atoms with Gasteiger partial charge in [-0.05, 0) is 30.3 Å². The summed E-state index contributed by atoms with van der Waals surface area (Å²) in [5.74, 6) is 2.18. The van der Waals surface area contributed by atoms with Crippen molar-refractivity contribution < 1.29 is 0 Å². The van der Waals surface area contributed by atoms with Crippen LogP contribution in [0.15, 0.2) is 54.9 Å². The maximum absolute atomic E-state index is 9.02. The van der Waals surface area contributed by atoms with Crippen molar-refractivity contribution >= 4 is 23.3 Å². The summed E-state index contributed by atoms with van der Waals surface area (Å²) < 4.78 is 0. The molecule has 1 fully saturated rings. The van der Waals surface area contributed by atoms with E-state index >= 15 is 0 Å². The minimum Gasteiger partial charge on any atom is -0.353 e. The average molecular weight is 358 g/mol. The second-order valence-electron chi connectivity index (χ2n) is 6.12. The van der Waals surface area contributed by atoms with E-state index in [1.807, 2.05) is 36.5 Å². The third-order valence-electron chi connectivity index (χ3n) is 4.35. The van der Waals surface area contributed by atoms with Crippen molar-refractivity contribution in [3.63, 3.8) is 0 Å². The molecule has 3 aromatic rings. The molecule has 0 radical (unpaired) electrons. The van der Waals surface area contributed by atoms with Gasteiger partial charge in [-0.1, -0.05) is 12.1 Å². The molecule has 0 spiro atoms. The van der Waals surface area contributed by atoms with Gasteiger partial charge in [0.2, 0.25) is 5.95 Å². The van der Waals surface area contributed by atoms with Gasteiger partial charge in [-0.2, -0.15) is 15.3 Å². The molecule has 0 aliphatic carbocycles. The van der Waals surface area contributed by atoms with Gasteiger partial charge in [0, 0.05) is 38.1 Å². The highest BCUT2D eigenvalue weighted by molar-refractivity contribution is 5.58. The molecule has 2 aromatic heterocycles. The number of aromatic nitrogens is 4. The summed E-state index contributed by atoms with van der Waals surface area (Å²) in [7, 11) is 0. The van der Waals surface area contributed by atoms with Gasteiger partial charge in [0.05, 0.1) is 17.8 Å². The summed E-state index contributed by atoms with van der Waals surface area (Å²) >= 11 is 0. The number of benzene rings is 1. The molecule has 27 heavy (non-hydrogen) atoms. The number of pyridine rings is 1. The van der Waals surface area contributed by atoms with Crippen LogP contribution in [0.1, 0.15) is 5.56 Å². The zero-order valence-electron chi connectivity index (χ0n) is 14.7. The minimum atomic E-state index is 0.591. The molecular weight excluding hydrogens is 340 g/mol. The summed E-state index contributed by atoms with van der Waals surface area (Å²) in [6.07, 6.45) is 3.39. The monoisotopic (exact) mass is 358 g/mol. The molecule has 4 rings (SSSR count). The zero-order valence-corrected chi connectivity index (χ0v) is 14.7. The number of anilines is 4.